The first-order valence-corrected chi connectivity index (χ1v) is 10.3. The summed E-state index contributed by atoms with van der Waals surface area (Å²) >= 11 is 1.47. The molecule has 2 aliphatic rings. The Morgan fingerprint density at radius 3 is 2.87 bits per heavy atom. The molecule has 0 radical (unpaired) electrons. The van der Waals surface area contributed by atoms with Crippen LogP contribution >= 0.6 is 11.8 Å². The maximum absolute atomic E-state index is 13.0. The highest BCUT2D eigenvalue weighted by Crippen LogP contribution is 2.37. The summed E-state index contributed by atoms with van der Waals surface area (Å²) in [7, 11) is 3.24. The summed E-state index contributed by atoms with van der Waals surface area (Å²) in [5.41, 5.74) is 3.17. The average Bonchev–Trinajstić information content (AvgIpc) is 3.16. The molecule has 0 spiro atoms. The fraction of sp³-hybridized carbons (Fsp3) is 0.316. The first kappa shape index (κ1) is 20.0. The Kier molecular flexibility index (Phi) is 5.44. The fourth-order valence-electron chi connectivity index (χ4n) is 3.51. The van der Waals surface area contributed by atoms with Crippen molar-refractivity contribution in [1.29, 1.82) is 0 Å². The monoisotopic (exact) mass is 426 g/mol. The second-order valence-corrected chi connectivity index (χ2v) is 8.03. The van der Waals surface area contributed by atoms with Gasteiger partial charge in [-0.15, -0.1) is 11.8 Å². The van der Waals surface area contributed by atoms with E-state index in [9.17, 15) is 9.59 Å². The summed E-state index contributed by atoms with van der Waals surface area (Å²) < 4.78 is 0. The zero-order chi connectivity index (χ0) is 21.3. The Morgan fingerprint density at radius 1 is 1.33 bits per heavy atom. The topological polar surface area (TPSA) is 129 Å². The van der Waals surface area contributed by atoms with Gasteiger partial charge in [0.15, 0.2) is 0 Å². The molecule has 0 fully saturated rings. The van der Waals surface area contributed by atoms with E-state index in [0.29, 0.717) is 5.75 Å². The van der Waals surface area contributed by atoms with Gasteiger partial charge in [-0.2, -0.15) is 5.10 Å². The van der Waals surface area contributed by atoms with Gasteiger partial charge in [0, 0.05) is 62.5 Å². The third kappa shape index (κ3) is 3.63. The maximum atomic E-state index is 13.0. The number of pyridine rings is 2. The van der Waals surface area contributed by atoms with Gasteiger partial charge < -0.3 is 26.3 Å². The molecule has 0 bridgehead atoms. The van der Waals surface area contributed by atoms with Crippen LogP contribution in [0.1, 0.15) is 11.1 Å². The first-order chi connectivity index (χ1) is 14.5. The highest BCUT2D eigenvalue weighted by Gasteiger charge is 2.32. The molecule has 0 saturated heterocycles. The molecule has 4 N–H and O–H groups in total. The number of aromatic nitrogens is 2. The van der Waals surface area contributed by atoms with Crippen LogP contribution in [0.3, 0.4) is 0 Å². The predicted octanol–water partition coefficient (Wildman–Crippen LogP) is 0.0417. The van der Waals surface area contributed by atoms with Gasteiger partial charge in [0.1, 0.15) is 11.9 Å². The van der Waals surface area contributed by atoms with Crippen LogP contribution in [0.2, 0.25) is 0 Å². The number of fused-ring (bicyclic) bond motifs is 2. The van der Waals surface area contributed by atoms with E-state index in [1.165, 1.54) is 29.9 Å². The van der Waals surface area contributed by atoms with Crippen LogP contribution < -0.4 is 26.3 Å². The Balaban J connectivity index is 1.54. The normalized spacial score (nSPS) is 18.5. The zero-order valence-corrected chi connectivity index (χ0v) is 17.4. The van der Waals surface area contributed by atoms with Crippen molar-refractivity contribution in [3.05, 3.63) is 41.9 Å². The Labute approximate surface area is 177 Å². The van der Waals surface area contributed by atoms with Gasteiger partial charge in [-0.1, -0.05) is 0 Å². The smallest absolute Gasteiger partial charge is 0.289 e. The molecule has 2 amide bonds. The summed E-state index contributed by atoms with van der Waals surface area (Å²) in [5, 5.41) is 8.70. The second kappa shape index (κ2) is 8.19. The third-order valence-electron chi connectivity index (χ3n) is 5.17. The minimum Gasteiger partial charge on any atom is -0.367 e. The van der Waals surface area contributed by atoms with E-state index in [0.717, 1.165) is 29.5 Å². The number of hydrogen-bond acceptors (Lipinski definition) is 8. The molecular formula is C19H22N8O2S. The minimum absolute atomic E-state index is 0.0377. The van der Waals surface area contributed by atoms with Crippen molar-refractivity contribution in [3.63, 3.8) is 0 Å². The van der Waals surface area contributed by atoms with Crippen LogP contribution in [-0.4, -0.2) is 53.5 Å². The van der Waals surface area contributed by atoms with Crippen LogP contribution in [0, 0.1) is 0 Å². The predicted molar refractivity (Wildman–Crippen MR) is 115 cm³/mol. The number of thioether (sulfide) groups is 1. The minimum atomic E-state index is -0.712. The lowest BCUT2D eigenvalue weighted by molar-refractivity contribution is -0.123. The van der Waals surface area contributed by atoms with E-state index in [1.807, 2.05) is 18.3 Å². The van der Waals surface area contributed by atoms with Gasteiger partial charge in [-0.3, -0.25) is 14.6 Å². The summed E-state index contributed by atoms with van der Waals surface area (Å²) in [5.74, 6) is 5.60. The highest BCUT2D eigenvalue weighted by molar-refractivity contribution is 7.99. The lowest BCUT2D eigenvalue weighted by Gasteiger charge is -2.23. The molecule has 2 aliphatic heterocycles. The lowest BCUT2D eigenvalue weighted by atomic mass is 10.2. The summed E-state index contributed by atoms with van der Waals surface area (Å²) in [6.45, 7) is 1.47. The molecular weight excluding hydrogens is 404 g/mol. The summed E-state index contributed by atoms with van der Waals surface area (Å²) in [4.78, 5) is 38.7. The van der Waals surface area contributed by atoms with Crippen molar-refractivity contribution in [3.8, 4) is 0 Å². The van der Waals surface area contributed by atoms with Crippen molar-refractivity contribution in [2.75, 3.05) is 29.6 Å². The van der Waals surface area contributed by atoms with Crippen LogP contribution in [0.25, 0.3) is 0 Å². The SMILES string of the molecule is CN/C(=N\N)C(=O)N[C@H]1CSc2cnc(N3Cc4ccncc4C3)cc2N(C)C1=O. The van der Waals surface area contributed by atoms with Crippen molar-refractivity contribution in [1.82, 2.24) is 20.6 Å². The first-order valence-electron chi connectivity index (χ1n) is 9.35. The lowest BCUT2D eigenvalue weighted by Crippen LogP contribution is -2.52. The molecule has 2 aromatic rings. The van der Waals surface area contributed by atoms with Crippen LogP contribution in [0.5, 0.6) is 0 Å². The van der Waals surface area contributed by atoms with E-state index in [2.05, 4.69) is 30.6 Å². The average molecular weight is 427 g/mol. The Bertz CT molecular complexity index is 1000. The quantitative estimate of drug-likeness (QED) is 0.266. The molecule has 2 aromatic heterocycles. The number of nitrogens with zero attached hydrogens (tertiary/aromatic N) is 5. The third-order valence-corrected chi connectivity index (χ3v) is 6.29. The molecule has 11 heteroatoms. The van der Waals surface area contributed by atoms with Crippen molar-refractivity contribution in [2.24, 2.45) is 10.9 Å². The van der Waals surface area contributed by atoms with E-state index in [1.54, 1.807) is 24.3 Å². The molecule has 10 nitrogen and oxygen atoms in total. The van der Waals surface area contributed by atoms with E-state index < -0.39 is 11.9 Å². The number of carbonyl (C=O) groups excluding carboxylic acids is 2. The standard InChI is InChI=1S/C19H22N8O2S/c1-21-17(25-20)18(28)24-13-10-30-15-7-23-16(5-14(15)26(2)19(13)29)27-8-11-3-4-22-6-12(11)9-27/h3-7,13H,8-10,20H2,1-2H3,(H,21,25)(H,24,28)/t13-/m0/s1. The van der Waals surface area contributed by atoms with Gasteiger partial charge in [0.25, 0.3) is 5.91 Å². The van der Waals surface area contributed by atoms with Crippen molar-refractivity contribution < 1.29 is 9.59 Å². The number of hydrazone groups is 1. The van der Waals surface area contributed by atoms with E-state index in [-0.39, 0.29) is 11.7 Å². The Morgan fingerprint density at radius 2 is 2.13 bits per heavy atom. The number of amides is 2. The maximum Gasteiger partial charge on any atom is 0.289 e. The second-order valence-electron chi connectivity index (χ2n) is 6.97. The molecule has 0 aromatic carbocycles. The van der Waals surface area contributed by atoms with Crippen LogP contribution in [0.4, 0.5) is 11.5 Å². The van der Waals surface area contributed by atoms with Crippen LogP contribution in [0.15, 0.2) is 40.7 Å². The molecule has 0 saturated carbocycles. The van der Waals surface area contributed by atoms with Gasteiger partial charge >= 0.3 is 0 Å². The molecule has 30 heavy (non-hydrogen) atoms. The number of hydrogen-bond donors (Lipinski definition) is 3. The number of amidine groups is 1. The van der Waals surface area contributed by atoms with E-state index >= 15 is 0 Å². The van der Waals surface area contributed by atoms with Crippen LogP contribution in [-0.2, 0) is 22.7 Å². The number of likely N-dealkylation sites (N-methyl/N-ethyl adjacent to an activating group) is 2. The largest absolute Gasteiger partial charge is 0.367 e. The number of nitrogens with one attached hydrogen (secondary N) is 2. The Hall–Kier alpha value is -3.34. The van der Waals surface area contributed by atoms with Gasteiger partial charge in [-0.25, -0.2) is 4.98 Å². The van der Waals surface area contributed by atoms with Gasteiger partial charge in [0.2, 0.25) is 11.7 Å². The van der Waals surface area contributed by atoms with Crippen molar-refractivity contribution >= 4 is 40.9 Å². The number of nitrogens with two attached hydrogens (primary N) is 1. The van der Waals surface area contributed by atoms with Gasteiger partial charge in [0.05, 0.1) is 5.69 Å². The van der Waals surface area contributed by atoms with Gasteiger partial charge in [-0.05, 0) is 17.2 Å². The molecule has 0 unspecified atom stereocenters. The molecule has 4 heterocycles. The molecule has 1 atom stereocenters. The molecule has 0 aliphatic carbocycles. The number of rotatable bonds is 2. The number of carbonyl (C=O) groups is 2. The summed E-state index contributed by atoms with van der Waals surface area (Å²) in [6, 6.07) is 3.22. The highest BCUT2D eigenvalue weighted by atomic mass is 32.2. The number of anilines is 2. The van der Waals surface area contributed by atoms with E-state index in [4.69, 9.17) is 5.84 Å². The molecule has 4 rings (SSSR count). The molecule has 156 valence electrons. The zero-order valence-electron chi connectivity index (χ0n) is 16.6. The fourth-order valence-corrected chi connectivity index (χ4v) is 4.56. The van der Waals surface area contributed by atoms with Crippen molar-refractivity contribution in [2.45, 2.75) is 24.0 Å². The summed E-state index contributed by atoms with van der Waals surface area (Å²) in [6.07, 6.45) is 5.45.